The molecule has 0 bridgehead atoms. The third-order valence-corrected chi connectivity index (χ3v) is 4.44. The van der Waals surface area contributed by atoms with Crippen LogP contribution in [-0.2, 0) is 9.59 Å². The Morgan fingerprint density at radius 3 is 2.56 bits per heavy atom. The molecule has 1 aliphatic heterocycles. The Balaban J connectivity index is 1.99. The predicted molar refractivity (Wildman–Crippen MR) is 97.8 cm³/mol. The molecule has 0 radical (unpaired) electrons. The second kappa shape index (κ2) is 6.78. The molecule has 0 aliphatic carbocycles. The number of amides is 2. The van der Waals surface area contributed by atoms with Crippen molar-refractivity contribution >= 4 is 46.8 Å². The molecule has 1 aliphatic rings. The highest BCUT2D eigenvalue weighted by Gasteiger charge is 2.34. The first-order chi connectivity index (χ1) is 11.9. The summed E-state index contributed by atoms with van der Waals surface area (Å²) in [6, 6.07) is 10.1. The molecule has 0 spiro atoms. The molecule has 25 heavy (non-hydrogen) atoms. The van der Waals surface area contributed by atoms with Gasteiger partial charge in [-0.25, -0.2) is 5.01 Å². The van der Waals surface area contributed by atoms with E-state index >= 15 is 0 Å². The molecule has 7 heteroatoms. The summed E-state index contributed by atoms with van der Waals surface area (Å²) in [5.74, 6) is -0.481. The molecule has 128 valence electrons. The number of rotatable bonds is 3. The zero-order valence-electron chi connectivity index (χ0n) is 13.5. The van der Waals surface area contributed by atoms with Crippen LogP contribution in [0.3, 0.4) is 0 Å². The van der Waals surface area contributed by atoms with Gasteiger partial charge in [-0.05, 0) is 48.9 Å². The van der Waals surface area contributed by atoms with Gasteiger partial charge < -0.3 is 4.74 Å². The number of aryl methyl sites for hydroxylation is 1. The van der Waals surface area contributed by atoms with Gasteiger partial charge in [-0.15, -0.1) is 0 Å². The number of carbonyl (C=O) groups excluding carboxylic acids is 2. The molecule has 2 aromatic carbocycles. The van der Waals surface area contributed by atoms with Crippen LogP contribution in [0.5, 0.6) is 5.75 Å². The second-order valence-corrected chi connectivity index (χ2v) is 6.30. The fourth-order valence-electron chi connectivity index (χ4n) is 2.43. The maximum Gasteiger partial charge on any atom is 0.282 e. The van der Waals surface area contributed by atoms with Crippen LogP contribution in [0, 0.1) is 6.92 Å². The van der Waals surface area contributed by atoms with Crippen molar-refractivity contribution < 1.29 is 14.3 Å². The molecular weight excluding hydrogens is 363 g/mol. The molecule has 5 nitrogen and oxygen atoms in total. The van der Waals surface area contributed by atoms with Crippen LogP contribution in [0.1, 0.15) is 11.1 Å². The van der Waals surface area contributed by atoms with Gasteiger partial charge in [0.1, 0.15) is 11.3 Å². The number of anilines is 1. The molecule has 3 rings (SSSR count). The smallest absolute Gasteiger partial charge is 0.282 e. The van der Waals surface area contributed by atoms with E-state index in [1.807, 2.05) is 6.92 Å². The Labute approximate surface area is 154 Å². The molecule has 2 aromatic rings. The topological polar surface area (TPSA) is 58.6 Å². The van der Waals surface area contributed by atoms with Gasteiger partial charge >= 0.3 is 0 Å². The number of carbonyl (C=O) groups is 2. The lowest BCUT2D eigenvalue weighted by atomic mass is 10.1. The monoisotopic (exact) mass is 376 g/mol. The van der Waals surface area contributed by atoms with Gasteiger partial charge in [0.2, 0.25) is 0 Å². The van der Waals surface area contributed by atoms with Crippen LogP contribution >= 0.6 is 23.2 Å². The van der Waals surface area contributed by atoms with Gasteiger partial charge in [-0.3, -0.25) is 15.0 Å². The van der Waals surface area contributed by atoms with E-state index in [-0.39, 0.29) is 5.57 Å². The van der Waals surface area contributed by atoms with Gasteiger partial charge in [0.25, 0.3) is 11.8 Å². The minimum absolute atomic E-state index is 0.0164. The van der Waals surface area contributed by atoms with Crippen LogP contribution in [0.15, 0.2) is 42.0 Å². The van der Waals surface area contributed by atoms with Crippen LogP contribution in [0.2, 0.25) is 10.0 Å². The number of methoxy groups -OCH3 is 1. The summed E-state index contributed by atoms with van der Waals surface area (Å²) in [7, 11) is 1.50. The second-order valence-electron chi connectivity index (χ2n) is 5.46. The number of halogens is 2. The van der Waals surface area contributed by atoms with Crippen molar-refractivity contribution in [1.82, 2.24) is 5.43 Å². The fourth-order valence-corrected chi connectivity index (χ4v) is 2.79. The van der Waals surface area contributed by atoms with E-state index in [4.69, 9.17) is 27.9 Å². The highest BCUT2D eigenvalue weighted by molar-refractivity contribution is 6.34. The molecule has 0 unspecified atom stereocenters. The minimum atomic E-state index is -0.510. The summed E-state index contributed by atoms with van der Waals surface area (Å²) >= 11 is 12.1. The van der Waals surface area contributed by atoms with Crippen LogP contribution in [-0.4, -0.2) is 18.9 Å². The summed E-state index contributed by atoms with van der Waals surface area (Å²) in [5.41, 5.74) is 4.42. The number of nitrogens with one attached hydrogen (secondary N) is 1. The largest absolute Gasteiger partial charge is 0.496 e. The zero-order chi connectivity index (χ0) is 18.1. The van der Waals surface area contributed by atoms with E-state index in [0.717, 1.165) is 10.6 Å². The first kappa shape index (κ1) is 17.3. The first-order valence-electron chi connectivity index (χ1n) is 7.37. The fraction of sp³-hybridized carbons (Fsp3) is 0.111. The summed E-state index contributed by atoms with van der Waals surface area (Å²) < 4.78 is 5.24. The lowest BCUT2D eigenvalue weighted by molar-refractivity contribution is -0.117. The van der Waals surface area contributed by atoms with Gasteiger partial charge in [-0.1, -0.05) is 29.3 Å². The third-order valence-electron chi connectivity index (χ3n) is 3.80. The van der Waals surface area contributed by atoms with Crippen LogP contribution < -0.4 is 15.2 Å². The van der Waals surface area contributed by atoms with Crippen LogP contribution in [0.25, 0.3) is 6.08 Å². The van der Waals surface area contributed by atoms with Crippen LogP contribution in [0.4, 0.5) is 5.69 Å². The SMILES string of the molecule is COc1ccc(Cl)cc1C=C1C(=O)NN(c2ccc(C)c(Cl)c2)C1=O. The van der Waals surface area contributed by atoms with E-state index in [2.05, 4.69) is 5.43 Å². The summed E-state index contributed by atoms with van der Waals surface area (Å²) in [6.07, 6.45) is 1.46. The number of benzene rings is 2. The standard InChI is InChI=1S/C18H14Cl2N2O3/c1-10-3-5-13(9-15(10)20)22-18(24)14(17(23)21-22)8-11-7-12(19)4-6-16(11)25-2/h3-9H,1-2H3,(H,21,23). The average molecular weight is 377 g/mol. The zero-order valence-corrected chi connectivity index (χ0v) is 15.0. The van der Waals surface area contributed by atoms with E-state index in [0.29, 0.717) is 27.0 Å². The predicted octanol–water partition coefficient (Wildman–Crippen LogP) is 3.77. The molecular formula is C18H14Cl2N2O3. The van der Waals surface area contributed by atoms with E-state index in [9.17, 15) is 9.59 Å². The minimum Gasteiger partial charge on any atom is -0.496 e. The maximum absolute atomic E-state index is 12.7. The van der Waals surface area contributed by atoms with Crippen molar-refractivity contribution in [1.29, 1.82) is 0 Å². The van der Waals surface area contributed by atoms with Crippen molar-refractivity contribution in [2.45, 2.75) is 6.92 Å². The molecule has 1 fully saturated rings. The normalized spacial score (nSPS) is 15.7. The molecule has 1 heterocycles. The molecule has 2 amide bonds. The molecule has 0 saturated carbocycles. The third kappa shape index (κ3) is 3.34. The summed E-state index contributed by atoms with van der Waals surface area (Å²) in [5, 5.41) is 2.14. The van der Waals surface area contributed by atoms with Gasteiger partial charge in [0.15, 0.2) is 0 Å². The lowest BCUT2D eigenvalue weighted by Crippen LogP contribution is -2.35. The lowest BCUT2D eigenvalue weighted by Gasteiger charge is -2.15. The summed E-state index contributed by atoms with van der Waals surface area (Å²) in [6.45, 7) is 1.85. The quantitative estimate of drug-likeness (QED) is 0.655. The van der Waals surface area contributed by atoms with Crippen molar-refractivity contribution in [3.8, 4) is 5.75 Å². The number of hydrogen-bond donors (Lipinski definition) is 1. The maximum atomic E-state index is 12.7. The van der Waals surface area contributed by atoms with Crippen molar-refractivity contribution in [3.63, 3.8) is 0 Å². The number of hydrazine groups is 1. The first-order valence-corrected chi connectivity index (χ1v) is 8.13. The average Bonchev–Trinajstić information content (AvgIpc) is 2.86. The van der Waals surface area contributed by atoms with Crippen molar-refractivity contribution in [2.75, 3.05) is 12.1 Å². The summed E-state index contributed by atoms with van der Waals surface area (Å²) in [4.78, 5) is 24.9. The van der Waals surface area contributed by atoms with E-state index < -0.39 is 11.8 Å². The van der Waals surface area contributed by atoms with Gasteiger partial charge in [-0.2, -0.15) is 0 Å². The van der Waals surface area contributed by atoms with Crippen molar-refractivity contribution in [3.05, 3.63) is 63.1 Å². The Morgan fingerprint density at radius 2 is 1.88 bits per heavy atom. The number of ether oxygens (including phenoxy) is 1. The Morgan fingerprint density at radius 1 is 1.12 bits per heavy atom. The van der Waals surface area contributed by atoms with Crippen molar-refractivity contribution in [2.24, 2.45) is 0 Å². The Bertz CT molecular complexity index is 909. The Hall–Kier alpha value is -2.50. The molecule has 0 aromatic heterocycles. The van der Waals surface area contributed by atoms with E-state index in [1.165, 1.54) is 13.2 Å². The van der Waals surface area contributed by atoms with Gasteiger partial charge in [0, 0.05) is 15.6 Å². The molecule has 1 saturated heterocycles. The molecule has 0 atom stereocenters. The highest BCUT2D eigenvalue weighted by atomic mass is 35.5. The number of nitrogens with zero attached hydrogens (tertiary/aromatic N) is 1. The number of hydrogen-bond acceptors (Lipinski definition) is 3. The Kier molecular flexibility index (Phi) is 4.70. The molecule has 1 N–H and O–H groups in total. The highest BCUT2D eigenvalue weighted by Crippen LogP contribution is 2.29. The van der Waals surface area contributed by atoms with E-state index in [1.54, 1.807) is 36.4 Å². The van der Waals surface area contributed by atoms with Gasteiger partial charge in [0.05, 0.1) is 12.8 Å².